The average molecular weight is 626 g/mol. The molecule has 0 unspecified atom stereocenters. The van der Waals surface area contributed by atoms with Crippen LogP contribution in [0, 0.1) is 5.82 Å². The van der Waals surface area contributed by atoms with Gasteiger partial charge in [-0.05, 0) is 105 Å². The average Bonchev–Trinajstić information content (AvgIpc) is 4.00. The lowest BCUT2D eigenvalue weighted by molar-refractivity contribution is -0.0191. The van der Waals surface area contributed by atoms with Crippen molar-refractivity contribution in [3.05, 3.63) is 81.3 Å². The molecule has 2 aliphatic heterocycles. The van der Waals surface area contributed by atoms with E-state index in [1.807, 2.05) is 32.2 Å². The second-order valence-corrected chi connectivity index (χ2v) is 13.1. The highest BCUT2D eigenvalue weighted by Gasteiger charge is 2.34. The Morgan fingerprint density at radius 2 is 1.74 bits per heavy atom. The summed E-state index contributed by atoms with van der Waals surface area (Å²) in [7, 11) is 1.63. The summed E-state index contributed by atoms with van der Waals surface area (Å²) in [4.78, 5) is 40.3. The van der Waals surface area contributed by atoms with E-state index in [0.717, 1.165) is 67.7 Å². The van der Waals surface area contributed by atoms with Gasteiger partial charge in [-0.1, -0.05) is 26.3 Å². The number of H-pyrrole nitrogens is 1. The monoisotopic (exact) mass is 625 g/mol. The van der Waals surface area contributed by atoms with E-state index in [1.54, 1.807) is 22.6 Å². The van der Waals surface area contributed by atoms with Crippen molar-refractivity contribution in [2.45, 2.75) is 83.3 Å². The molecule has 2 saturated heterocycles. The highest BCUT2D eigenvalue weighted by molar-refractivity contribution is 6.01. The SMILES string of the molecule is CC.COC1CN(C(=O)c2cc(F)ccc2-c2cc(C3CC3)nc(-n3cc(C4CC4)c4cc(CN5CCCCC5)[nH]c4c3=O)c2)C1. The van der Waals surface area contributed by atoms with E-state index in [1.165, 1.54) is 37.0 Å². The van der Waals surface area contributed by atoms with Gasteiger partial charge in [0.1, 0.15) is 17.2 Å². The Morgan fingerprint density at radius 3 is 2.43 bits per heavy atom. The molecule has 242 valence electrons. The first-order valence-electron chi connectivity index (χ1n) is 17.1. The molecule has 0 atom stereocenters. The van der Waals surface area contributed by atoms with E-state index >= 15 is 0 Å². The molecule has 4 aromatic rings. The van der Waals surface area contributed by atoms with Crippen molar-refractivity contribution in [3.8, 4) is 16.9 Å². The molecule has 2 aliphatic carbocycles. The summed E-state index contributed by atoms with van der Waals surface area (Å²) < 4.78 is 21.6. The third-order valence-corrected chi connectivity index (χ3v) is 9.81. The Balaban J connectivity index is 0.00000166. The van der Waals surface area contributed by atoms with Crippen LogP contribution in [0.1, 0.15) is 97.9 Å². The highest BCUT2D eigenvalue weighted by Crippen LogP contribution is 2.44. The van der Waals surface area contributed by atoms with Gasteiger partial charge in [0.25, 0.3) is 11.5 Å². The summed E-state index contributed by atoms with van der Waals surface area (Å²) in [5.74, 6) is 0.608. The third kappa shape index (κ3) is 6.02. The summed E-state index contributed by atoms with van der Waals surface area (Å²) in [6.45, 7) is 7.97. The van der Waals surface area contributed by atoms with Gasteiger partial charge in [0, 0.05) is 55.6 Å². The lowest BCUT2D eigenvalue weighted by Gasteiger charge is -2.38. The summed E-state index contributed by atoms with van der Waals surface area (Å²) >= 11 is 0. The Bertz CT molecular complexity index is 1810. The maximum Gasteiger partial charge on any atom is 0.280 e. The fourth-order valence-corrected chi connectivity index (χ4v) is 6.90. The third-order valence-electron chi connectivity index (χ3n) is 9.81. The van der Waals surface area contributed by atoms with Crippen molar-refractivity contribution in [1.29, 1.82) is 0 Å². The van der Waals surface area contributed by atoms with Crippen LogP contribution in [-0.4, -0.2) is 69.6 Å². The van der Waals surface area contributed by atoms with E-state index in [2.05, 4.69) is 16.0 Å². The first-order valence-corrected chi connectivity index (χ1v) is 17.1. The highest BCUT2D eigenvalue weighted by atomic mass is 19.1. The molecule has 0 radical (unpaired) electrons. The lowest BCUT2D eigenvalue weighted by atomic mass is 9.96. The molecule has 1 amide bonds. The zero-order valence-electron chi connectivity index (χ0n) is 27.2. The second kappa shape index (κ2) is 12.8. The largest absolute Gasteiger partial charge is 0.378 e. The topological polar surface area (TPSA) is 83.5 Å². The molecule has 0 spiro atoms. The number of hydrogen-bond acceptors (Lipinski definition) is 5. The molecule has 1 N–H and O–H groups in total. The molecule has 8 rings (SSSR count). The maximum atomic E-state index is 14.5. The zero-order chi connectivity index (χ0) is 31.9. The molecule has 4 fully saturated rings. The lowest BCUT2D eigenvalue weighted by Crippen LogP contribution is -2.54. The van der Waals surface area contributed by atoms with Crippen molar-refractivity contribution < 1.29 is 13.9 Å². The number of ether oxygens (including phenoxy) is 1. The Labute approximate surface area is 269 Å². The minimum Gasteiger partial charge on any atom is -0.378 e. The molecule has 0 bridgehead atoms. The first-order chi connectivity index (χ1) is 22.4. The van der Waals surface area contributed by atoms with Crippen molar-refractivity contribution in [2.75, 3.05) is 33.3 Å². The quantitative estimate of drug-likeness (QED) is 0.234. The number of aromatic amines is 1. The number of aromatic nitrogens is 3. The van der Waals surface area contributed by atoms with Crippen LogP contribution in [0.3, 0.4) is 0 Å². The fraction of sp³-hybridized carbons (Fsp3) is 0.486. The van der Waals surface area contributed by atoms with Crippen molar-refractivity contribution in [1.82, 2.24) is 24.3 Å². The van der Waals surface area contributed by atoms with Gasteiger partial charge < -0.3 is 14.6 Å². The minimum absolute atomic E-state index is 0.000715. The number of methoxy groups -OCH3 is 1. The Kier molecular flexibility index (Phi) is 8.55. The zero-order valence-corrected chi connectivity index (χ0v) is 27.2. The molecular weight excluding hydrogens is 581 g/mol. The normalized spacial score (nSPS) is 18.7. The minimum atomic E-state index is -0.458. The van der Waals surface area contributed by atoms with Crippen molar-refractivity contribution in [2.24, 2.45) is 0 Å². The molecule has 8 nitrogen and oxygen atoms in total. The summed E-state index contributed by atoms with van der Waals surface area (Å²) in [5, 5.41) is 1.02. The number of carbonyl (C=O) groups is 1. The number of nitrogens with zero attached hydrogens (tertiary/aromatic N) is 4. The first kappa shape index (κ1) is 30.8. The number of nitrogens with one attached hydrogen (secondary N) is 1. The fourth-order valence-electron chi connectivity index (χ4n) is 6.90. The molecular formula is C37H44FN5O3. The smallest absolute Gasteiger partial charge is 0.280 e. The van der Waals surface area contributed by atoms with Crippen LogP contribution < -0.4 is 5.56 Å². The maximum absolute atomic E-state index is 14.5. The van der Waals surface area contributed by atoms with Gasteiger partial charge in [-0.3, -0.25) is 19.1 Å². The van der Waals surface area contributed by atoms with Crippen LogP contribution in [0.5, 0.6) is 0 Å². The summed E-state index contributed by atoms with van der Waals surface area (Å²) in [6, 6.07) is 10.5. The standard InChI is InChI=1S/C35H38FN5O3.C2H6/c1-44-26-18-40(19-26)34(42)29-15-24(36)9-10-27(29)23-13-31(22-7-8-22)38-32(14-23)41-20-30(21-5-6-21)28-16-25(37-33(28)35(41)43)17-39-11-3-2-4-12-39;1-2/h9-10,13-16,20-22,26,37H,2-8,11-12,17-19H2,1H3;1-2H3. The molecule has 2 saturated carbocycles. The van der Waals surface area contributed by atoms with Gasteiger partial charge in [0.05, 0.1) is 11.7 Å². The molecule has 4 aliphatic rings. The number of fused-ring (bicyclic) bond motifs is 1. The van der Waals surface area contributed by atoms with Crippen LogP contribution in [-0.2, 0) is 11.3 Å². The molecule has 9 heteroatoms. The number of halogens is 1. The number of pyridine rings is 2. The van der Waals surface area contributed by atoms with Crippen LogP contribution in [0.15, 0.2) is 47.4 Å². The van der Waals surface area contributed by atoms with Crippen LogP contribution in [0.2, 0.25) is 0 Å². The van der Waals surface area contributed by atoms with Gasteiger partial charge in [0.2, 0.25) is 0 Å². The van der Waals surface area contributed by atoms with E-state index in [9.17, 15) is 14.0 Å². The van der Waals surface area contributed by atoms with E-state index in [-0.39, 0.29) is 17.6 Å². The predicted octanol–water partition coefficient (Wildman–Crippen LogP) is 6.76. The van der Waals surface area contributed by atoms with Gasteiger partial charge in [-0.25, -0.2) is 9.37 Å². The molecule has 1 aromatic carbocycles. The molecule has 3 aromatic heterocycles. The van der Waals surface area contributed by atoms with Crippen LogP contribution in [0.4, 0.5) is 4.39 Å². The van der Waals surface area contributed by atoms with Crippen LogP contribution in [0.25, 0.3) is 27.8 Å². The van der Waals surface area contributed by atoms with E-state index in [0.29, 0.717) is 47.4 Å². The summed E-state index contributed by atoms with van der Waals surface area (Å²) in [5.41, 5.74) is 5.39. The van der Waals surface area contributed by atoms with Gasteiger partial charge in [-0.2, -0.15) is 0 Å². The van der Waals surface area contributed by atoms with Crippen LogP contribution >= 0.6 is 0 Å². The van der Waals surface area contributed by atoms with E-state index in [4.69, 9.17) is 9.72 Å². The number of carbonyl (C=O) groups excluding carboxylic acids is 1. The number of hydrogen-bond donors (Lipinski definition) is 1. The Morgan fingerprint density at radius 1 is 1.00 bits per heavy atom. The number of piperidine rings is 1. The Hall–Kier alpha value is -3.82. The van der Waals surface area contributed by atoms with E-state index < -0.39 is 5.82 Å². The number of rotatable bonds is 8. The number of amides is 1. The number of likely N-dealkylation sites (tertiary alicyclic amines) is 2. The van der Waals surface area contributed by atoms with Gasteiger partial charge in [-0.15, -0.1) is 0 Å². The number of benzene rings is 1. The summed E-state index contributed by atoms with van der Waals surface area (Å²) in [6.07, 6.45) is 10.0. The predicted molar refractivity (Wildman–Crippen MR) is 178 cm³/mol. The van der Waals surface area contributed by atoms with Gasteiger partial charge in [0.15, 0.2) is 0 Å². The molecule has 46 heavy (non-hydrogen) atoms. The second-order valence-electron chi connectivity index (χ2n) is 13.1. The molecule has 5 heterocycles. The van der Waals surface area contributed by atoms with Gasteiger partial charge >= 0.3 is 0 Å². The van der Waals surface area contributed by atoms with Crippen molar-refractivity contribution in [3.63, 3.8) is 0 Å². The van der Waals surface area contributed by atoms with Crippen molar-refractivity contribution >= 4 is 16.8 Å².